The predicted octanol–water partition coefficient (Wildman–Crippen LogP) is 3.00. The molecule has 6 heteroatoms. The highest BCUT2D eigenvalue weighted by Crippen LogP contribution is 2.19. The van der Waals surface area contributed by atoms with Gasteiger partial charge in [-0.3, -0.25) is 20.4 Å². The number of para-hydroxylation sites is 1. The fourth-order valence-electron chi connectivity index (χ4n) is 2.52. The van der Waals surface area contributed by atoms with E-state index in [9.17, 15) is 9.59 Å². The summed E-state index contributed by atoms with van der Waals surface area (Å²) in [6.45, 7) is 7.46. The first-order chi connectivity index (χ1) is 12.9. The Labute approximate surface area is 159 Å². The minimum absolute atomic E-state index is 0.195. The number of amides is 2. The maximum Gasteiger partial charge on any atom is 0.279 e. The number of carbonyl (C=O) groups excluding carboxylic acids is 2. The summed E-state index contributed by atoms with van der Waals surface area (Å²) in [4.78, 5) is 24.2. The Kier molecular flexibility index (Phi) is 7.23. The number of aryl methyl sites for hydroxylation is 3. The average Bonchev–Trinajstić information content (AvgIpc) is 2.64. The zero-order valence-corrected chi connectivity index (χ0v) is 16.2. The number of benzene rings is 2. The lowest BCUT2D eigenvalue weighted by molar-refractivity contribution is -0.134. The predicted molar refractivity (Wildman–Crippen MR) is 104 cm³/mol. The minimum atomic E-state index is -0.702. The molecule has 0 aliphatic carbocycles. The monoisotopic (exact) mass is 370 g/mol. The SMILES string of the molecule is CCC(Oc1ccccc1C)C(=O)NNC(=O)COc1ccc(C)cc1C. The normalized spacial score (nSPS) is 11.4. The van der Waals surface area contributed by atoms with Gasteiger partial charge in [0.05, 0.1) is 0 Å². The third kappa shape index (κ3) is 6.02. The molecular weight excluding hydrogens is 344 g/mol. The molecule has 0 fully saturated rings. The zero-order valence-electron chi connectivity index (χ0n) is 16.2. The molecule has 0 bridgehead atoms. The van der Waals surface area contributed by atoms with Crippen molar-refractivity contribution in [1.82, 2.24) is 10.9 Å². The number of ether oxygens (including phenoxy) is 2. The van der Waals surface area contributed by atoms with Crippen LogP contribution >= 0.6 is 0 Å². The first-order valence-corrected chi connectivity index (χ1v) is 8.91. The minimum Gasteiger partial charge on any atom is -0.483 e. The van der Waals surface area contributed by atoms with Crippen LogP contribution < -0.4 is 20.3 Å². The molecule has 0 heterocycles. The van der Waals surface area contributed by atoms with Crippen LogP contribution in [0.3, 0.4) is 0 Å². The van der Waals surface area contributed by atoms with Gasteiger partial charge in [-0.1, -0.05) is 42.8 Å². The Morgan fingerprint density at radius 3 is 2.37 bits per heavy atom. The van der Waals surface area contributed by atoms with Crippen LogP contribution in [0.1, 0.15) is 30.0 Å². The van der Waals surface area contributed by atoms with Gasteiger partial charge in [-0.05, 0) is 50.5 Å². The molecule has 0 saturated heterocycles. The Balaban J connectivity index is 1.82. The summed E-state index contributed by atoms with van der Waals surface area (Å²) >= 11 is 0. The van der Waals surface area contributed by atoms with E-state index in [0.717, 1.165) is 16.7 Å². The molecule has 1 atom stereocenters. The summed E-state index contributed by atoms with van der Waals surface area (Å²) in [5.41, 5.74) is 7.75. The van der Waals surface area contributed by atoms with E-state index in [1.165, 1.54) is 0 Å². The van der Waals surface area contributed by atoms with Crippen LogP contribution in [0.25, 0.3) is 0 Å². The molecular formula is C21H26N2O4. The lowest BCUT2D eigenvalue weighted by Gasteiger charge is -2.18. The number of hydrogen-bond acceptors (Lipinski definition) is 4. The Morgan fingerprint density at radius 1 is 0.963 bits per heavy atom. The highest BCUT2D eigenvalue weighted by molar-refractivity contribution is 5.85. The lowest BCUT2D eigenvalue weighted by atomic mass is 10.1. The summed E-state index contributed by atoms with van der Waals surface area (Å²) in [6, 6.07) is 13.2. The van der Waals surface area contributed by atoms with E-state index in [-0.39, 0.29) is 6.61 Å². The van der Waals surface area contributed by atoms with Crippen molar-refractivity contribution >= 4 is 11.8 Å². The van der Waals surface area contributed by atoms with Crippen molar-refractivity contribution in [2.75, 3.05) is 6.61 Å². The summed E-state index contributed by atoms with van der Waals surface area (Å²) in [5, 5.41) is 0. The maximum atomic E-state index is 12.3. The molecule has 0 radical (unpaired) electrons. The third-order valence-electron chi connectivity index (χ3n) is 4.04. The van der Waals surface area contributed by atoms with Gasteiger partial charge < -0.3 is 9.47 Å². The molecule has 0 aliphatic rings. The van der Waals surface area contributed by atoms with E-state index in [1.807, 2.05) is 70.2 Å². The van der Waals surface area contributed by atoms with Crippen molar-refractivity contribution < 1.29 is 19.1 Å². The van der Waals surface area contributed by atoms with Crippen molar-refractivity contribution in [1.29, 1.82) is 0 Å². The van der Waals surface area contributed by atoms with Gasteiger partial charge in [0.2, 0.25) is 0 Å². The largest absolute Gasteiger partial charge is 0.483 e. The topological polar surface area (TPSA) is 76.7 Å². The molecule has 27 heavy (non-hydrogen) atoms. The smallest absolute Gasteiger partial charge is 0.279 e. The number of nitrogens with one attached hydrogen (secondary N) is 2. The zero-order chi connectivity index (χ0) is 19.8. The van der Waals surface area contributed by atoms with Gasteiger partial charge >= 0.3 is 0 Å². The van der Waals surface area contributed by atoms with E-state index in [4.69, 9.17) is 9.47 Å². The molecule has 1 unspecified atom stereocenters. The van der Waals surface area contributed by atoms with Crippen LogP contribution in [0, 0.1) is 20.8 Å². The fraction of sp³-hybridized carbons (Fsp3) is 0.333. The van der Waals surface area contributed by atoms with Crippen molar-refractivity contribution in [2.24, 2.45) is 0 Å². The summed E-state index contributed by atoms with van der Waals surface area (Å²) in [5.74, 6) is 0.412. The molecule has 6 nitrogen and oxygen atoms in total. The average molecular weight is 370 g/mol. The quantitative estimate of drug-likeness (QED) is 0.735. The van der Waals surface area contributed by atoms with Crippen molar-refractivity contribution in [2.45, 2.75) is 40.2 Å². The molecule has 0 saturated carbocycles. The van der Waals surface area contributed by atoms with Gasteiger partial charge in [0.1, 0.15) is 11.5 Å². The van der Waals surface area contributed by atoms with E-state index in [1.54, 1.807) is 0 Å². The standard InChI is InChI=1S/C21H26N2O4/c1-5-17(27-19-9-7-6-8-15(19)3)21(25)23-22-20(24)13-26-18-11-10-14(2)12-16(18)4/h6-12,17H,5,13H2,1-4H3,(H,22,24)(H,23,25). The molecule has 2 rings (SSSR count). The Morgan fingerprint density at radius 2 is 1.70 bits per heavy atom. The Bertz CT molecular complexity index is 805. The third-order valence-corrected chi connectivity index (χ3v) is 4.04. The number of rotatable bonds is 7. The van der Waals surface area contributed by atoms with Crippen LogP contribution in [0.4, 0.5) is 0 Å². The van der Waals surface area contributed by atoms with E-state index in [0.29, 0.717) is 17.9 Å². The summed E-state index contributed by atoms with van der Waals surface area (Å²) < 4.78 is 11.2. The van der Waals surface area contributed by atoms with Crippen LogP contribution in [0.5, 0.6) is 11.5 Å². The van der Waals surface area contributed by atoms with Gasteiger partial charge in [-0.2, -0.15) is 0 Å². The summed E-state index contributed by atoms with van der Waals surface area (Å²) in [7, 11) is 0. The van der Waals surface area contributed by atoms with Crippen molar-refractivity contribution in [3.8, 4) is 11.5 Å². The van der Waals surface area contributed by atoms with Crippen LogP contribution in [0.15, 0.2) is 42.5 Å². The second-order valence-electron chi connectivity index (χ2n) is 6.38. The maximum absolute atomic E-state index is 12.3. The molecule has 0 spiro atoms. The second kappa shape index (κ2) is 9.62. The van der Waals surface area contributed by atoms with Gasteiger partial charge in [-0.25, -0.2) is 0 Å². The number of hydrazine groups is 1. The molecule has 2 aromatic rings. The fourth-order valence-corrected chi connectivity index (χ4v) is 2.52. The van der Waals surface area contributed by atoms with Crippen molar-refractivity contribution in [3.63, 3.8) is 0 Å². The first-order valence-electron chi connectivity index (χ1n) is 8.91. The molecule has 2 N–H and O–H groups in total. The molecule has 144 valence electrons. The van der Waals surface area contributed by atoms with Crippen LogP contribution in [-0.2, 0) is 9.59 Å². The lowest BCUT2D eigenvalue weighted by Crippen LogP contribution is -2.49. The van der Waals surface area contributed by atoms with E-state index < -0.39 is 17.9 Å². The number of hydrogen-bond donors (Lipinski definition) is 2. The van der Waals surface area contributed by atoms with Gasteiger partial charge in [0.15, 0.2) is 12.7 Å². The van der Waals surface area contributed by atoms with Gasteiger partial charge in [-0.15, -0.1) is 0 Å². The molecule has 2 aromatic carbocycles. The van der Waals surface area contributed by atoms with Crippen molar-refractivity contribution in [3.05, 3.63) is 59.2 Å². The van der Waals surface area contributed by atoms with E-state index >= 15 is 0 Å². The summed E-state index contributed by atoms with van der Waals surface area (Å²) in [6.07, 6.45) is -0.235. The second-order valence-corrected chi connectivity index (χ2v) is 6.38. The van der Waals surface area contributed by atoms with Gasteiger partial charge in [0, 0.05) is 0 Å². The highest BCUT2D eigenvalue weighted by Gasteiger charge is 2.19. The Hall–Kier alpha value is -3.02. The molecule has 2 amide bonds. The van der Waals surface area contributed by atoms with E-state index in [2.05, 4.69) is 10.9 Å². The van der Waals surface area contributed by atoms with Gasteiger partial charge in [0.25, 0.3) is 11.8 Å². The molecule has 0 aromatic heterocycles. The highest BCUT2D eigenvalue weighted by atomic mass is 16.5. The molecule has 0 aliphatic heterocycles. The number of carbonyl (C=O) groups is 2. The van der Waals surface area contributed by atoms with Crippen LogP contribution in [0.2, 0.25) is 0 Å². The first kappa shape index (κ1) is 20.3. The van der Waals surface area contributed by atoms with Crippen LogP contribution in [-0.4, -0.2) is 24.5 Å².